The Balaban J connectivity index is 2.16. The molecule has 1 rings (SSSR count). The maximum Gasteiger partial charge on any atom is 0.197 e. The van der Waals surface area contributed by atoms with Gasteiger partial charge in [-0.05, 0) is 32.6 Å². The standard InChI is InChI=1S/C22H43FO2/c1-4-6-7-8-9-11-14-17-21(5-2)22(20(3)25-22)24-19-16-13-10-12-15-18-23/h20-21H,4-19H2,1-3H3. The van der Waals surface area contributed by atoms with E-state index in [9.17, 15) is 4.39 Å². The van der Waals surface area contributed by atoms with E-state index >= 15 is 0 Å². The van der Waals surface area contributed by atoms with Crippen molar-refractivity contribution in [2.45, 2.75) is 123 Å². The molecule has 0 amide bonds. The molecule has 1 heterocycles. The van der Waals surface area contributed by atoms with Crippen LogP contribution in [0.3, 0.4) is 0 Å². The lowest BCUT2D eigenvalue weighted by Gasteiger charge is -2.24. The van der Waals surface area contributed by atoms with Crippen molar-refractivity contribution in [2.75, 3.05) is 13.3 Å². The molecule has 25 heavy (non-hydrogen) atoms. The van der Waals surface area contributed by atoms with Crippen LogP contribution in [0, 0.1) is 5.92 Å². The minimum absolute atomic E-state index is 0.179. The number of unbranched alkanes of at least 4 members (excludes halogenated alkanes) is 10. The zero-order chi connectivity index (χ0) is 18.4. The SMILES string of the molecule is CCCCCCCCCC(CC)C1(OCCCCCCCF)OC1C. The van der Waals surface area contributed by atoms with E-state index in [-0.39, 0.29) is 18.6 Å². The predicted molar refractivity (Wildman–Crippen MR) is 105 cm³/mol. The van der Waals surface area contributed by atoms with E-state index in [4.69, 9.17) is 9.47 Å². The van der Waals surface area contributed by atoms with Crippen molar-refractivity contribution in [3.8, 4) is 0 Å². The van der Waals surface area contributed by atoms with E-state index in [1.54, 1.807) is 0 Å². The van der Waals surface area contributed by atoms with Crippen LogP contribution in [0.5, 0.6) is 0 Å². The van der Waals surface area contributed by atoms with Gasteiger partial charge < -0.3 is 9.47 Å². The number of hydrogen-bond donors (Lipinski definition) is 0. The summed E-state index contributed by atoms with van der Waals surface area (Å²) in [4.78, 5) is 0. The van der Waals surface area contributed by atoms with E-state index in [0.717, 1.165) is 38.7 Å². The molecule has 3 unspecified atom stereocenters. The molecule has 3 heteroatoms. The van der Waals surface area contributed by atoms with Gasteiger partial charge in [0.05, 0.1) is 13.3 Å². The fourth-order valence-corrected chi connectivity index (χ4v) is 3.94. The molecule has 1 aliphatic rings. The molecule has 3 atom stereocenters. The lowest BCUT2D eigenvalue weighted by molar-refractivity contribution is -0.0882. The number of alkyl halides is 1. The minimum atomic E-state index is -0.296. The third-order valence-corrected chi connectivity index (χ3v) is 5.69. The van der Waals surface area contributed by atoms with Gasteiger partial charge in [0.1, 0.15) is 6.10 Å². The van der Waals surface area contributed by atoms with Crippen molar-refractivity contribution in [1.29, 1.82) is 0 Å². The van der Waals surface area contributed by atoms with Gasteiger partial charge in [-0.3, -0.25) is 4.39 Å². The second kappa shape index (κ2) is 14.0. The van der Waals surface area contributed by atoms with Crippen LogP contribution in [0.2, 0.25) is 0 Å². The first-order valence-corrected chi connectivity index (χ1v) is 11.1. The Kier molecular flexibility index (Phi) is 12.8. The summed E-state index contributed by atoms with van der Waals surface area (Å²) in [6.07, 6.45) is 17.2. The van der Waals surface area contributed by atoms with Crippen molar-refractivity contribution < 1.29 is 13.9 Å². The lowest BCUT2D eigenvalue weighted by atomic mass is 9.90. The molecule has 0 saturated carbocycles. The summed E-state index contributed by atoms with van der Waals surface area (Å²) >= 11 is 0. The maximum atomic E-state index is 12.1. The van der Waals surface area contributed by atoms with Crippen LogP contribution in [-0.4, -0.2) is 25.2 Å². The molecule has 1 aliphatic heterocycles. The van der Waals surface area contributed by atoms with Crippen LogP contribution in [0.15, 0.2) is 0 Å². The molecule has 0 radical (unpaired) electrons. The topological polar surface area (TPSA) is 21.8 Å². The first-order chi connectivity index (χ1) is 12.2. The summed E-state index contributed by atoms with van der Waals surface area (Å²) in [6.45, 7) is 7.29. The number of ether oxygens (including phenoxy) is 2. The molecular weight excluding hydrogens is 315 g/mol. The molecule has 2 nitrogen and oxygen atoms in total. The molecule has 0 aromatic carbocycles. The van der Waals surface area contributed by atoms with Gasteiger partial charge in [0.15, 0.2) is 5.79 Å². The fraction of sp³-hybridized carbons (Fsp3) is 1.00. The monoisotopic (exact) mass is 358 g/mol. The van der Waals surface area contributed by atoms with Crippen molar-refractivity contribution in [2.24, 2.45) is 5.92 Å². The molecule has 0 N–H and O–H groups in total. The van der Waals surface area contributed by atoms with Crippen molar-refractivity contribution in [3.05, 3.63) is 0 Å². The molecule has 0 aromatic rings. The number of epoxide rings is 1. The van der Waals surface area contributed by atoms with Crippen LogP contribution in [0.1, 0.15) is 111 Å². The highest BCUT2D eigenvalue weighted by Gasteiger charge is 2.59. The van der Waals surface area contributed by atoms with E-state index in [2.05, 4.69) is 20.8 Å². The van der Waals surface area contributed by atoms with Gasteiger partial charge in [-0.1, -0.05) is 78.1 Å². The maximum absolute atomic E-state index is 12.1. The van der Waals surface area contributed by atoms with Gasteiger partial charge >= 0.3 is 0 Å². The Morgan fingerprint density at radius 3 is 2.00 bits per heavy atom. The summed E-state index contributed by atoms with van der Waals surface area (Å²) in [6, 6.07) is 0. The molecule has 0 spiro atoms. The zero-order valence-corrected chi connectivity index (χ0v) is 17.2. The summed E-state index contributed by atoms with van der Waals surface area (Å²) in [7, 11) is 0. The van der Waals surface area contributed by atoms with E-state index in [1.807, 2.05) is 0 Å². The Labute approximate surface area is 156 Å². The van der Waals surface area contributed by atoms with Crippen LogP contribution in [-0.2, 0) is 9.47 Å². The van der Waals surface area contributed by atoms with E-state index in [1.165, 1.54) is 51.4 Å². The number of rotatable bonds is 18. The molecule has 0 aromatic heterocycles. The van der Waals surface area contributed by atoms with Crippen molar-refractivity contribution in [1.82, 2.24) is 0 Å². The van der Waals surface area contributed by atoms with Gasteiger partial charge in [-0.2, -0.15) is 0 Å². The third-order valence-electron chi connectivity index (χ3n) is 5.69. The summed E-state index contributed by atoms with van der Waals surface area (Å²) < 4.78 is 24.2. The average molecular weight is 359 g/mol. The molecule has 150 valence electrons. The fourth-order valence-electron chi connectivity index (χ4n) is 3.94. The Bertz CT molecular complexity index is 310. The van der Waals surface area contributed by atoms with Gasteiger partial charge in [0.25, 0.3) is 0 Å². The highest BCUT2D eigenvalue weighted by molar-refractivity contribution is 4.97. The van der Waals surface area contributed by atoms with Crippen LogP contribution >= 0.6 is 0 Å². The van der Waals surface area contributed by atoms with Crippen LogP contribution in [0.25, 0.3) is 0 Å². The zero-order valence-electron chi connectivity index (χ0n) is 17.2. The smallest absolute Gasteiger partial charge is 0.197 e. The average Bonchev–Trinajstić information content (AvgIpc) is 3.27. The largest absolute Gasteiger partial charge is 0.347 e. The predicted octanol–water partition coefficient (Wildman–Crippen LogP) is 7.20. The van der Waals surface area contributed by atoms with E-state index < -0.39 is 0 Å². The van der Waals surface area contributed by atoms with E-state index in [0.29, 0.717) is 12.3 Å². The first-order valence-electron chi connectivity index (χ1n) is 11.1. The Hall–Kier alpha value is -0.150. The molecular formula is C22H43FO2. The molecule has 0 aliphatic carbocycles. The van der Waals surface area contributed by atoms with Crippen molar-refractivity contribution in [3.63, 3.8) is 0 Å². The Morgan fingerprint density at radius 2 is 1.44 bits per heavy atom. The minimum Gasteiger partial charge on any atom is -0.347 e. The van der Waals surface area contributed by atoms with Gasteiger partial charge in [0.2, 0.25) is 0 Å². The number of hydrogen-bond acceptors (Lipinski definition) is 2. The molecule has 1 saturated heterocycles. The number of halogens is 1. The van der Waals surface area contributed by atoms with Crippen molar-refractivity contribution >= 4 is 0 Å². The normalized spacial score (nSPS) is 23.8. The van der Waals surface area contributed by atoms with Gasteiger partial charge in [-0.25, -0.2) is 0 Å². The van der Waals surface area contributed by atoms with Crippen LogP contribution in [0.4, 0.5) is 4.39 Å². The molecule has 1 fully saturated rings. The summed E-state index contributed by atoms with van der Waals surface area (Å²) in [5.41, 5.74) is 0. The van der Waals surface area contributed by atoms with Crippen LogP contribution < -0.4 is 0 Å². The Morgan fingerprint density at radius 1 is 0.880 bits per heavy atom. The first kappa shape index (κ1) is 22.9. The molecule has 0 bridgehead atoms. The second-order valence-corrected chi connectivity index (χ2v) is 7.80. The highest BCUT2D eigenvalue weighted by atomic mass is 19.1. The highest BCUT2D eigenvalue weighted by Crippen LogP contribution is 2.47. The lowest BCUT2D eigenvalue weighted by Crippen LogP contribution is -2.30. The third kappa shape index (κ3) is 8.86. The van der Waals surface area contributed by atoms with Gasteiger partial charge in [0, 0.05) is 5.92 Å². The van der Waals surface area contributed by atoms with Gasteiger partial charge in [-0.15, -0.1) is 0 Å². The summed E-state index contributed by atoms with van der Waals surface area (Å²) in [5.74, 6) is 0.236. The quantitative estimate of drug-likeness (QED) is 0.191. The summed E-state index contributed by atoms with van der Waals surface area (Å²) in [5, 5.41) is 0. The second-order valence-electron chi connectivity index (χ2n) is 7.80.